The van der Waals surface area contributed by atoms with E-state index in [9.17, 15) is 4.79 Å². The molecule has 80 valence electrons. The van der Waals surface area contributed by atoms with Crippen molar-refractivity contribution in [2.75, 3.05) is 26.7 Å². The third kappa shape index (κ3) is 1.21. The van der Waals surface area contributed by atoms with Crippen molar-refractivity contribution in [1.82, 2.24) is 15.1 Å². The molecule has 0 aliphatic carbocycles. The number of carbonyl (C=O) groups is 1. The van der Waals surface area contributed by atoms with E-state index in [4.69, 9.17) is 0 Å². The molecule has 4 nitrogen and oxygen atoms in total. The molecular formula is C10H19N3O. The minimum Gasteiger partial charge on any atom is -0.325 e. The topological polar surface area (TPSA) is 35.6 Å². The Kier molecular flexibility index (Phi) is 2.18. The lowest BCUT2D eigenvalue weighted by Crippen LogP contribution is -2.52. The molecule has 1 unspecified atom stereocenters. The summed E-state index contributed by atoms with van der Waals surface area (Å²) < 4.78 is 0. The van der Waals surface area contributed by atoms with Crippen molar-refractivity contribution in [2.24, 2.45) is 0 Å². The first-order chi connectivity index (χ1) is 6.57. The predicted octanol–water partition coefficient (Wildman–Crippen LogP) is 0.494. The molecule has 0 saturated carbocycles. The SMILES string of the molecule is CC(C)N1C(=O)N(C)CC12CCNC2. The molecule has 2 rings (SSSR count). The van der Waals surface area contributed by atoms with E-state index in [1.165, 1.54) is 0 Å². The zero-order valence-electron chi connectivity index (χ0n) is 9.21. The summed E-state index contributed by atoms with van der Waals surface area (Å²) in [4.78, 5) is 15.8. The van der Waals surface area contributed by atoms with Crippen molar-refractivity contribution in [1.29, 1.82) is 0 Å². The van der Waals surface area contributed by atoms with Crippen LogP contribution in [0.3, 0.4) is 0 Å². The van der Waals surface area contributed by atoms with Crippen LogP contribution < -0.4 is 5.32 Å². The van der Waals surface area contributed by atoms with Gasteiger partial charge in [0, 0.05) is 26.2 Å². The average Bonchev–Trinajstić information content (AvgIpc) is 2.61. The van der Waals surface area contributed by atoms with Gasteiger partial charge in [0.2, 0.25) is 0 Å². The number of amides is 2. The number of carbonyl (C=O) groups excluding carboxylic acids is 1. The minimum atomic E-state index is 0.0694. The van der Waals surface area contributed by atoms with E-state index >= 15 is 0 Å². The van der Waals surface area contributed by atoms with Crippen molar-refractivity contribution in [3.63, 3.8) is 0 Å². The molecule has 0 bridgehead atoms. The van der Waals surface area contributed by atoms with Crippen LogP contribution in [0.25, 0.3) is 0 Å². The third-order valence-electron chi connectivity index (χ3n) is 3.31. The monoisotopic (exact) mass is 197 g/mol. The summed E-state index contributed by atoms with van der Waals surface area (Å²) in [6.45, 7) is 7.04. The summed E-state index contributed by atoms with van der Waals surface area (Å²) in [7, 11) is 1.89. The lowest BCUT2D eigenvalue weighted by molar-refractivity contribution is 0.140. The number of hydrogen-bond acceptors (Lipinski definition) is 2. The van der Waals surface area contributed by atoms with Crippen molar-refractivity contribution in [3.8, 4) is 0 Å². The van der Waals surface area contributed by atoms with Crippen molar-refractivity contribution >= 4 is 6.03 Å². The molecule has 1 spiro atoms. The maximum Gasteiger partial charge on any atom is 0.320 e. The minimum absolute atomic E-state index is 0.0694. The Labute approximate surface area is 85.2 Å². The van der Waals surface area contributed by atoms with Gasteiger partial charge in [0.05, 0.1) is 5.54 Å². The van der Waals surface area contributed by atoms with E-state index < -0.39 is 0 Å². The number of nitrogens with one attached hydrogen (secondary N) is 1. The number of urea groups is 1. The summed E-state index contributed by atoms with van der Waals surface area (Å²) in [5.41, 5.74) is 0.0694. The van der Waals surface area contributed by atoms with Crippen LogP contribution in [0.2, 0.25) is 0 Å². The van der Waals surface area contributed by atoms with Gasteiger partial charge >= 0.3 is 6.03 Å². The zero-order valence-corrected chi connectivity index (χ0v) is 9.21. The van der Waals surface area contributed by atoms with Crippen LogP contribution in [0.15, 0.2) is 0 Å². The molecule has 2 heterocycles. The maximum atomic E-state index is 11.9. The second-order valence-corrected chi connectivity index (χ2v) is 4.75. The maximum absolute atomic E-state index is 11.9. The summed E-state index contributed by atoms with van der Waals surface area (Å²) in [6.07, 6.45) is 1.08. The van der Waals surface area contributed by atoms with Crippen LogP contribution in [-0.2, 0) is 0 Å². The molecule has 0 radical (unpaired) electrons. The van der Waals surface area contributed by atoms with Gasteiger partial charge in [0.1, 0.15) is 0 Å². The van der Waals surface area contributed by atoms with Crippen LogP contribution in [-0.4, -0.2) is 54.1 Å². The Hall–Kier alpha value is -0.770. The first-order valence-electron chi connectivity index (χ1n) is 5.32. The van der Waals surface area contributed by atoms with E-state index in [0.29, 0.717) is 6.04 Å². The average molecular weight is 197 g/mol. The fourth-order valence-electron chi connectivity index (χ4n) is 2.81. The summed E-state index contributed by atoms with van der Waals surface area (Å²) >= 11 is 0. The molecule has 0 aromatic carbocycles. The Morgan fingerprint density at radius 2 is 2.21 bits per heavy atom. The highest BCUT2D eigenvalue weighted by molar-refractivity contribution is 5.78. The number of nitrogens with zero attached hydrogens (tertiary/aromatic N) is 2. The van der Waals surface area contributed by atoms with Crippen LogP contribution in [0.1, 0.15) is 20.3 Å². The number of hydrogen-bond donors (Lipinski definition) is 1. The van der Waals surface area contributed by atoms with Crippen molar-refractivity contribution in [3.05, 3.63) is 0 Å². The van der Waals surface area contributed by atoms with Crippen LogP contribution in [0, 0.1) is 0 Å². The van der Waals surface area contributed by atoms with E-state index in [-0.39, 0.29) is 11.6 Å². The molecule has 2 saturated heterocycles. The first-order valence-corrected chi connectivity index (χ1v) is 5.32. The van der Waals surface area contributed by atoms with E-state index in [1.54, 1.807) is 0 Å². The fourth-order valence-corrected chi connectivity index (χ4v) is 2.81. The van der Waals surface area contributed by atoms with Gasteiger partial charge in [-0.2, -0.15) is 0 Å². The molecule has 1 N–H and O–H groups in total. The molecule has 1 atom stereocenters. The highest BCUT2D eigenvalue weighted by atomic mass is 16.2. The smallest absolute Gasteiger partial charge is 0.320 e. The first kappa shape index (κ1) is 9.77. The summed E-state index contributed by atoms with van der Waals surface area (Å²) in [5.74, 6) is 0. The van der Waals surface area contributed by atoms with Crippen LogP contribution >= 0.6 is 0 Å². The Balaban J connectivity index is 2.28. The third-order valence-corrected chi connectivity index (χ3v) is 3.31. The van der Waals surface area contributed by atoms with Gasteiger partial charge in [-0.05, 0) is 26.8 Å². The molecule has 2 fully saturated rings. The number of rotatable bonds is 1. The molecular weight excluding hydrogens is 178 g/mol. The predicted molar refractivity (Wildman–Crippen MR) is 55.2 cm³/mol. The van der Waals surface area contributed by atoms with Crippen molar-refractivity contribution in [2.45, 2.75) is 31.8 Å². The van der Waals surface area contributed by atoms with E-state index in [1.807, 2.05) is 16.8 Å². The van der Waals surface area contributed by atoms with Gasteiger partial charge in [0.15, 0.2) is 0 Å². The molecule has 4 heteroatoms. The van der Waals surface area contributed by atoms with Gasteiger partial charge in [-0.15, -0.1) is 0 Å². The Bertz CT molecular complexity index is 246. The van der Waals surface area contributed by atoms with Gasteiger partial charge < -0.3 is 15.1 Å². The normalized spacial score (nSPS) is 32.7. The molecule has 2 amide bonds. The summed E-state index contributed by atoms with van der Waals surface area (Å²) in [6, 6.07) is 0.482. The van der Waals surface area contributed by atoms with E-state index in [0.717, 1.165) is 26.1 Å². The van der Waals surface area contributed by atoms with Crippen LogP contribution in [0.5, 0.6) is 0 Å². The molecule has 2 aliphatic rings. The Morgan fingerprint density at radius 1 is 1.50 bits per heavy atom. The zero-order chi connectivity index (χ0) is 10.3. The van der Waals surface area contributed by atoms with Gasteiger partial charge in [-0.1, -0.05) is 0 Å². The second kappa shape index (κ2) is 3.12. The summed E-state index contributed by atoms with van der Waals surface area (Å²) in [5, 5.41) is 3.36. The molecule has 14 heavy (non-hydrogen) atoms. The second-order valence-electron chi connectivity index (χ2n) is 4.75. The quantitative estimate of drug-likeness (QED) is 0.664. The van der Waals surface area contributed by atoms with Gasteiger partial charge in [-0.25, -0.2) is 4.79 Å². The molecule has 0 aromatic rings. The van der Waals surface area contributed by atoms with Crippen molar-refractivity contribution < 1.29 is 4.79 Å². The Morgan fingerprint density at radius 3 is 2.71 bits per heavy atom. The lowest BCUT2D eigenvalue weighted by Gasteiger charge is -2.35. The van der Waals surface area contributed by atoms with Crippen LogP contribution in [0.4, 0.5) is 4.79 Å². The standard InChI is InChI=1S/C10H19N3O/c1-8(2)13-9(14)12(3)7-10(13)4-5-11-6-10/h8,11H,4-7H2,1-3H3. The van der Waals surface area contributed by atoms with E-state index in [2.05, 4.69) is 19.2 Å². The van der Waals surface area contributed by atoms with Gasteiger partial charge in [-0.3, -0.25) is 0 Å². The van der Waals surface area contributed by atoms with Gasteiger partial charge in [0.25, 0.3) is 0 Å². The highest BCUT2D eigenvalue weighted by Gasteiger charge is 2.50. The lowest BCUT2D eigenvalue weighted by atomic mass is 9.96. The largest absolute Gasteiger partial charge is 0.325 e. The highest BCUT2D eigenvalue weighted by Crippen LogP contribution is 2.32. The fraction of sp³-hybridized carbons (Fsp3) is 0.900. The number of likely N-dealkylation sites (N-methyl/N-ethyl adjacent to an activating group) is 1. The molecule has 2 aliphatic heterocycles. The molecule has 0 aromatic heterocycles.